The van der Waals surface area contributed by atoms with Crippen LogP contribution < -0.4 is 15.8 Å². The monoisotopic (exact) mass is 582 g/mol. The summed E-state index contributed by atoms with van der Waals surface area (Å²) in [5.41, 5.74) is 11.6. The van der Waals surface area contributed by atoms with Crippen LogP contribution in [0.5, 0.6) is 5.75 Å². The number of methoxy groups -OCH3 is 1. The zero-order chi connectivity index (χ0) is 29.8. The Morgan fingerprint density at radius 3 is 2.71 bits per heavy atom. The molecule has 0 unspecified atom stereocenters. The van der Waals surface area contributed by atoms with Crippen LogP contribution in [0.1, 0.15) is 22.5 Å². The molecule has 2 aromatic carbocycles. The van der Waals surface area contributed by atoms with E-state index in [4.69, 9.17) is 10.5 Å². The van der Waals surface area contributed by atoms with Gasteiger partial charge in [-0.2, -0.15) is 0 Å². The first-order chi connectivity index (χ1) is 20.3. The number of thiophene rings is 1. The number of hydrogen-bond acceptors (Lipinski definition) is 7. The summed E-state index contributed by atoms with van der Waals surface area (Å²) in [4.78, 5) is 22.3. The molecule has 218 valence electrons. The van der Waals surface area contributed by atoms with Crippen LogP contribution >= 0.6 is 11.3 Å². The van der Waals surface area contributed by atoms with E-state index in [-0.39, 0.29) is 5.91 Å². The Hall–Kier alpha value is -4.18. The third-order valence-corrected chi connectivity index (χ3v) is 8.49. The van der Waals surface area contributed by atoms with Gasteiger partial charge in [-0.25, -0.2) is 4.98 Å². The van der Waals surface area contributed by atoms with E-state index in [0.717, 1.165) is 63.7 Å². The highest BCUT2D eigenvalue weighted by molar-refractivity contribution is 7.18. The van der Waals surface area contributed by atoms with E-state index in [9.17, 15) is 4.79 Å². The summed E-state index contributed by atoms with van der Waals surface area (Å²) >= 11 is 1.65. The summed E-state index contributed by atoms with van der Waals surface area (Å²) in [6.07, 6.45) is 7.28. The second-order valence-corrected chi connectivity index (χ2v) is 11.7. The lowest BCUT2D eigenvalue weighted by molar-refractivity contribution is 0.101. The number of anilines is 2. The summed E-state index contributed by atoms with van der Waals surface area (Å²) in [5.74, 6) is 0.860. The fourth-order valence-corrected chi connectivity index (χ4v) is 6.26. The van der Waals surface area contributed by atoms with Crippen molar-refractivity contribution >= 4 is 55.8 Å². The molecule has 5 rings (SSSR count). The molecule has 0 saturated carbocycles. The smallest absolute Gasteiger partial charge is 0.272 e. The third kappa shape index (κ3) is 6.18. The molecule has 9 heteroatoms. The number of nitrogen functional groups attached to an aromatic ring is 1. The van der Waals surface area contributed by atoms with Crippen LogP contribution in [0.25, 0.3) is 38.2 Å². The Morgan fingerprint density at radius 2 is 1.95 bits per heavy atom. The van der Waals surface area contributed by atoms with E-state index >= 15 is 0 Å². The molecule has 0 fully saturated rings. The number of aryl methyl sites for hydroxylation is 1. The van der Waals surface area contributed by atoms with Gasteiger partial charge in [-0.15, -0.1) is 11.3 Å². The van der Waals surface area contributed by atoms with Crippen molar-refractivity contribution in [1.29, 1.82) is 0 Å². The van der Waals surface area contributed by atoms with Crippen LogP contribution in [0.4, 0.5) is 11.5 Å². The number of nitrogens with two attached hydrogens (primary N) is 1. The number of hydrogen-bond donors (Lipinski definition) is 2. The van der Waals surface area contributed by atoms with Gasteiger partial charge in [0.1, 0.15) is 17.3 Å². The van der Waals surface area contributed by atoms with E-state index < -0.39 is 0 Å². The molecule has 1 amide bonds. The molecular formula is C33H38N6O2S. The molecule has 0 radical (unpaired) electrons. The number of aromatic nitrogens is 2. The Kier molecular flexibility index (Phi) is 8.91. The Morgan fingerprint density at radius 1 is 1.14 bits per heavy atom. The fraction of sp³-hybridized carbons (Fsp3) is 0.273. The van der Waals surface area contributed by atoms with Crippen molar-refractivity contribution < 1.29 is 9.53 Å². The molecule has 3 N–H and O–H groups in total. The number of carbonyl (C=O) groups excluding carboxylic acids is 1. The van der Waals surface area contributed by atoms with Crippen LogP contribution in [0.15, 0.2) is 66.2 Å². The predicted molar refractivity (Wildman–Crippen MR) is 177 cm³/mol. The normalized spacial score (nSPS) is 11.9. The van der Waals surface area contributed by atoms with E-state index in [1.165, 1.54) is 0 Å². The maximum Gasteiger partial charge on any atom is 0.272 e. The highest BCUT2D eigenvalue weighted by atomic mass is 32.1. The van der Waals surface area contributed by atoms with Gasteiger partial charge in [0, 0.05) is 51.9 Å². The van der Waals surface area contributed by atoms with Gasteiger partial charge in [-0.05, 0) is 75.9 Å². The largest absolute Gasteiger partial charge is 0.495 e. The Balaban J connectivity index is 1.37. The number of likely N-dealkylation sites (N-methyl/N-ethyl adjacent to an activating group) is 1. The number of carbonyl (C=O) groups is 1. The number of rotatable bonds is 11. The number of amides is 1. The molecule has 3 aromatic heterocycles. The SMILES string of the molecule is COc1cc(-c2csc3c(C=CCN(C)CCCN(C)C)cnc(N)c23)ccc1NC(=O)c1cc2ccccc2n1C. The van der Waals surface area contributed by atoms with Crippen molar-refractivity contribution in [3.63, 3.8) is 0 Å². The van der Waals surface area contributed by atoms with Crippen molar-refractivity contribution in [2.45, 2.75) is 6.42 Å². The number of nitrogens with one attached hydrogen (secondary N) is 1. The van der Waals surface area contributed by atoms with Gasteiger partial charge >= 0.3 is 0 Å². The van der Waals surface area contributed by atoms with E-state index in [1.54, 1.807) is 18.4 Å². The lowest BCUT2D eigenvalue weighted by atomic mass is 10.0. The third-order valence-electron chi connectivity index (χ3n) is 7.46. The topological polar surface area (TPSA) is 88.7 Å². The molecule has 42 heavy (non-hydrogen) atoms. The van der Waals surface area contributed by atoms with E-state index in [0.29, 0.717) is 22.9 Å². The van der Waals surface area contributed by atoms with Gasteiger partial charge in [0.2, 0.25) is 0 Å². The van der Waals surface area contributed by atoms with Crippen molar-refractivity contribution in [1.82, 2.24) is 19.4 Å². The average molecular weight is 583 g/mol. The molecule has 0 aliphatic carbocycles. The molecule has 0 saturated heterocycles. The van der Waals surface area contributed by atoms with Gasteiger partial charge in [-0.1, -0.05) is 36.4 Å². The average Bonchev–Trinajstić information content (AvgIpc) is 3.57. The lowest BCUT2D eigenvalue weighted by Gasteiger charge is -2.16. The fourth-order valence-electron chi connectivity index (χ4n) is 5.18. The minimum atomic E-state index is -0.200. The molecule has 0 spiro atoms. The summed E-state index contributed by atoms with van der Waals surface area (Å²) < 4.78 is 8.70. The van der Waals surface area contributed by atoms with Crippen LogP contribution in [-0.2, 0) is 7.05 Å². The van der Waals surface area contributed by atoms with Gasteiger partial charge < -0.3 is 30.2 Å². The summed E-state index contributed by atoms with van der Waals surface area (Å²) in [7, 11) is 9.84. The van der Waals surface area contributed by atoms with Gasteiger partial charge in [0.15, 0.2) is 0 Å². The van der Waals surface area contributed by atoms with Crippen molar-refractivity contribution in [2.75, 3.05) is 58.9 Å². The summed E-state index contributed by atoms with van der Waals surface area (Å²) in [6, 6.07) is 15.6. The number of para-hydroxylation sites is 1. The van der Waals surface area contributed by atoms with Gasteiger partial charge in [0.25, 0.3) is 5.91 Å². The minimum absolute atomic E-state index is 0.200. The van der Waals surface area contributed by atoms with Gasteiger partial charge in [-0.3, -0.25) is 4.79 Å². The lowest BCUT2D eigenvalue weighted by Crippen LogP contribution is -2.23. The van der Waals surface area contributed by atoms with Crippen molar-refractivity contribution in [3.8, 4) is 16.9 Å². The molecule has 0 atom stereocenters. The van der Waals surface area contributed by atoms with Crippen LogP contribution in [-0.4, -0.2) is 73.1 Å². The first-order valence-electron chi connectivity index (χ1n) is 14.0. The van der Waals surface area contributed by atoms with Crippen LogP contribution in [0.2, 0.25) is 0 Å². The Bertz CT molecular complexity index is 1750. The number of nitrogens with zero attached hydrogens (tertiary/aromatic N) is 4. The van der Waals surface area contributed by atoms with E-state index in [2.05, 4.69) is 58.8 Å². The molecule has 0 bridgehead atoms. The molecule has 3 heterocycles. The second-order valence-electron chi connectivity index (χ2n) is 10.8. The quantitative estimate of drug-likeness (QED) is 0.193. The molecular weight excluding hydrogens is 544 g/mol. The standard InChI is InChI=1S/C33H38N6O2S/c1-37(2)15-9-17-38(3)16-8-11-24-20-35-32(34)30-25(21-42-31(24)30)22-13-14-26(29(19-22)41-5)36-33(40)28-18-23-10-6-7-12-27(23)39(28)4/h6-8,10-14,18-21H,9,15-17H2,1-5H3,(H2,34,35)(H,36,40). The number of fused-ring (bicyclic) bond motifs is 2. The zero-order valence-electron chi connectivity index (χ0n) is 24.8. The number of pyridine rings is 1. The summed E-state index contributed by atoms with van der Waals surface area (Å²) in [5, 5.41) is 7.08. The molecule has 5 aromatic rings. The molecule has 8 nitrogen and oxygen atoms in total. The van der Waals surface area contributed by atoms with Crippen molar-refractivity contribution in [2.24, 2.45) is 7.05 Å². The second kappa shape index (κ2) is 12.8. The summed E-state index contributed by atoms with van der Waals surface area (Å²) in [6.45, 7) is 2.99. The maximum absolute atomic E-state index is 13.2. The van der Waals surface area contributed by atoms with Gasteiger partial charge in [0.05, 0.1) is 12.8 Å². The van der Waals surface area contributed by atoms with Crippen molar-refractivity contribution in [3.05, 3.63) is 77.4 Å². The highest BCUT2D eigenvalue weighted by Crippen LogP contribution is 2.41. The number of benzene rings is 2. The minimum Gasteiger partial charge on any atom is -0.495 e. The van der Waals surface area contributed by atoms with Crippen LogP contribution in [0, 0.1) is 0 Å². The van der Waals surface area contributed by atoms with Crippen LogP contribution in [0.3, 0.4) is 0 Å². The van der Waals surface area contributed by atoms with E-state index in [1.807, 2.05) is 66.3 Å². The first kappa shape index (κ1) is 29.3. The molecule has 0 aliphatic heterocycles. The first-order valence-corrected chi connectivity index (χ1v) is 14.8. The maximum atomic E-state index is 13.2. The highest BCUT2D eigenvalue weighted by Gasteiger charge is 2.18. The Labute approximate surface area is 251 Å². The zero-order valence-corrected chi connectivity index (χ0v) is 25.7. The number of ether oxygens (including phenoxy) is 1. The molecule has 0 aliphatic rings. The predicted octanol–water partition coefficient (Wildman–Crippen LogP) is 6.19.